The average molecular weight is 313 g/mol. The van der Waals surface area contributed by atoms with Crippen molar-refractivity contribution in [1.29, 1.82) is 0 Å². The number of nitrogens with zero attached hydrogens (tertiary/aromatic N) is 3. The summed E-state index contributed by atoms with van der Waals surface area (Å²) in [4.78, 5) is 30.1. The van der Waals surface area contributed by atoms with Crippen molar-refractivity contribution in [3.8, 4) is 0 Å². The summed E-state index contributed by atoms with van der Waals surface area (Å²) < 4.78 is 0. The van der Waals surface area contributed by atoms with Gasteiger partial charge in [-0.3, -0.25) is 14.5 Å². The molecule has 1 rings (SSSR count). The van der Waals surface area contributed by atoms with Crippen molar-refractivity contribution < 1.29 is 9.59 Å². The number of nitrogens with one attached hydrogen (secondary N) is 1. The first-order valence-corrected chi connectivity index (χ1v) is 8.34. The number of hydrogen-bond acceptors (Lipinski definition) is 5. The highest BCUT2D eigenvalue weighted by Gasteiger charge is 2.25. The van der Waals surface area contributed by atoms with Gasteiger partial charge in [0.2, 0.25) is 0 Å². The molecule has 0 bridgehead atoms. The van der Waals surface area contributed by atoms with Crippen molar-refractivity contribution in [2.24, 2.45) is 5.73 Å². The Kier molecular flexibility index (Phi) is 9.03. The monoisotopic (exact) mass is 313 g/mol. The van der Waals surface area contributed by atoms with Crippen LogP contribution in [0, 0.1) is 0 Å². The third kappa shape index (κ3) is 6.29. The summed E-state index contributed by atoms with van der Waals surface area (Å²) in [6.07, 6.45) is 0.866. The molecule has 0 aromatic carbocycles. The highest BCUT2D eigenvalue weighted by molar-refractivity contribution is 6.35. The summed E-state index contributed by atoms with van der Waals surface area (Å²) in [5.41, 5.74) is 5.52. The van der Waals surface area contributed by atoms with E-state index in [0.717, 1.165) is 45.7 Å². The molecule has 0 aromatic rings. The molecule has 1 saturated heterocycles. The molecule has 2 amide bonds. The van der Waals surface area contributed by atoms with Gasteiger partial charge in [0.1, 0.15) is 0 Å². The highest BCUT2D eigenvalue weighted by Crippen LogP contribution is 2.01. The van der Waals surface area contributed by atoms with Gasteiger partial charge in [-0.25, -0.2) is 0 Å². The zero-order chi connectivity index (χ0) is 16.4. The molecule has 0 saturated carbocycles. The van der Waals surface area contributed by atoms with E-state index in [9.17, 15) is 9.59 Å². The van der Waals surface area contributed by atoms with Gasteiger partial charge in [0.05, 0.1) is 0 Å². The van der Waals surface area contributed by atoms with E-state index in [-0.39, 0.29) is 0 Å². The van der Waals surface area contributed by atoms with Gasteiger partial charge in [-0.1, -0.05) is 13.8 Å². The Morgan fingerprint density at radius 2 is 1.77 bits per heavy atom. The first-order chi connectivity index (χ1) is 10.6. The molecule has 0 unspecified atom stereocenters. The minimum atomic E-state index is -0.480. The lowest BCUT2D eigenvalue weighted by atomic mass is 10.3. The fourth-order valence-electron chi connectivity index (χ4n) is 2.62. The maximum absolute atomic E-state index is 12.1. The minimum Gasteiger partial charge on any atom is -0.348 e. The van der Waals surface area contributed by atoms with Gasteiger partial charge in [-0.15, -0.1) is 0 Å². The second-order valence-electron chi connectivity index (χ2n) is 5.56. The summed E-state index contributed by atoms with van der Waals surface area (Å²) in [6.45, 7) is 12.0. The van der Waals surface area contributed by atoms with Crippen LogP contribution in [-0.4, -0.2) is 92.0 Å². The predicted octanol–water partition coefficient (Wildman–Crippen LogP) is -1.06. The Morgan fingerprint density at radius 1 is 1.14 bits per heavy atom. The van der Waals surface area contributed by atoms with Crippen LogP contribution in [0.1, 0.15) is 20.3 Å². The molecule has 0 aromatic heterocycles. The number of rotatable bonds is 8. The van der Waals surface area contributed by atoms with Crippen LogP contribution in [0.15, 0.2) is 0 Å². The number of amides is 2. The van der Waals surface area contributed by atoms with Gasteiger partial charge in [-0.05, 0) is 26.1 Å². The lowest BCUT2D eigenvalue weighted by molar-refractivity contribution is -0.147. The number of carbonyl (C=O) groups is 2. The zero-order valence-electron chi connectivity index (χ0n) is 14.0. The van der Waals surface area contributed by atoms with Crippen molar-refractivity contribution in [3.05, 3.63) is 0 Å². The largest absolute Gasteiger partial charge is 0.348 e. The summed E-state index contributed by atoms with van der Waals surface area (Å²) in [6, 6.07) is 0. The normalized spacial score (nSPS) is 16.1. The quantitative estimate of drug-likeness (QED) is 0.441. The van der Waals surface area contributed by atoms with Crippen LogP contribution in [0.5, 0.6) is 0 Å². The van der Waals surface area contributed by atoms with Gasteiger partial charge in [0.15, 0.2) is 0 Å². The molecule has 7 nitrogen and oxygen atoms in total. The summed E-state index contributed by atoms with van der Waals surface area (Å²) in [7, 11) is 0. The molecule has 0 radical (unpaired) electrons. The Morgan fingerprint density at radius 3 is 2.32 bits per heavy atom. The van der Waals surface area contributed by atoms with E-state index in [0.29, 0.717) is 26.2 Å². The lowest BCUT2D eigenvalue weighted by Gasteiger charge is -2.34. The topological polar surface area (TPSA) is 81.9 Å². The van der Waals surface area contributed by atoms with E-state index in [1.165, 1.54) is 0 Å². The van der Waals surface area contributed by atoms with Crippen LogP contribution in [0.2, 0.25) is 0 Å². The number of piperazine rings is 1. The first-order valence-electron chi connectivity index (χ1n) is 8.34. The maximum Gasteiger partial charge on any atom is 0.311 e. The molecular formula is C15H31N5O2. The van der Waals surface area contributed by atoms with E-state index < -0.39 is 11.8 Å². The Bertz CT molecular complexity index is 339. The van der Waals surface area contributed by atoms with Crippen LogP contribution >= 0.6 is 0 Å². The molecule has 22 heavy (non-hydrogen) atoms. The molecule has 1 fully saturated rings. The van der Waals surface area contributed by atoms with Crippen LogP contribution in [0.3, 0.4) is 0 Å². The summed E-state index contributed by atoms with van der Waals surface area (Å²) >= 11 is 0. The van der Waals surface area contributed by atoms with Crippen LogP contribution < -0.4 is 11.1 Å². The molecule has 0 aliphatic carbocycles. The van der Waals surface area contributed by atoms with Crippen molar-refractivity contribution >= 4 is 11.8 Å². The second-order valence-corrected chi connectivity index (χ2v) is 5.56. The second kappa shape index (κ2) is 10.5. The predicted molar refractivity (Wildman–Crippen MR) is 87.5 cm³/mol. The van der Waals surface area contributed by atoms with Gasteiger partial charge >= 0.3 is 11.8 Å². The number of nitrogens with two attached hydrogens (primary N) is 1. The van der Waals surface area contributed by atoms with Crippen LogP contribution in [-0.2, 0) is 9.59 Å². The van der Waals surface area contributed by atoms with E-state index in [1.54, 1.807) is 4.90 Å². The van der Waals surface area contributed by atoms with Crippen LogP contribution in [0.4, 0.5) is 0 Å². The van der Waals surface area contributed by atoms with Crippen molar-refractivity contribution in [3.63, 3.8) is 0 Å². The van der Waals surface area contributed by atoms with E-state index in [2.05, 4.69) is 29.0 Å². The van der Waals surface area contributed by atoms with Gasteiger partial charge in [-0.2, -0.15) is 0 Å². The molecule has 1 aliphatic heterocycles. The first kappa shape index (κ1) is 18.9. The molecular weight excluding hydrogens is 282 g/mol. The zero-order valence-corrected chi connectivity index (χ0v) is 14.0. The average Bonchev–Trinajstić information content (AvgIpc) is 2.55. The third-order valence-corrected chi connectivity index (χ3v) is 4.13. The fourth-order valence-corrected chi connectivity index (χ4v) is 2.62. The Labute approximate surface area is 133 Å². The van der Waals surface area contributed by atoms with Gasteiger partial charge < -0.3 is 20.9 Å². The maximum atomic E-state index is 12.1. The molecule has 128 valence electrons. The Hall–Kier alpha value is -1.18. The molecule has 7 heteroatoms. The summed E-state index contributed by atoms with van der Waals surface area (Å²) in [5.74, 6) is -0.887. The highest BCUT2D eigenvalue weighted by atomic mass is 16.2. The van der Waals surface area contributed by atoms with Crippen LogP contribution in [0.25, 0.3) is 0 Å². The fraction of sp³-hybridized carbons (Fsp3) is 0.867. The summed E-state index contributed by atoms with van der Waals surface area (Å²) in [5, 5.41) is 2.73. The smallest absolute Gasteiger partial charge is 0.311 e. The van der Waals surface area contributed by atoms with E-state index in [4.69, 9.17) is 5.73 Å². The van der Waals surface area contributed by atoms with Crippen molar-refractivity contribution in [1.82, 2.24) is 20.0 Å². The van der Waals surface area contributed by atoms with Gasteiger partial charge in [0.25, 0.3) is 0 Å². The van der Waals surface area contributed by atoms with E-state index >= 15 is 0 Å². The van der Waals surface area contributed by atoms with Crippen molar-refractivity contribution in [2.75, 3.05) is 65.4 Å². The molecule has 0 atom stereocenters. The molecule has 1 heterocycles. The van der Waals surface area contributed by atoms with Crippen molar-refractivity contribution in [2.45, 2.75) is 20.3 Å². The SMILES string of the molecule is CCN(CC)CCCNC(=O)C(=O)N1CCN(CCN)CC1. The molecule has 1 aliphatic rings. The van der Waals surface area contributed by atoms with Gasteiger partial charge in [0, 0.05) is 45.8 Å². The molecule has 0 spiro atoms. The molecule has 3 N–H and O–H groups in total. The minimum absolute atomic E-state index is 0.407. The third-order valence-electron chi connectivity index (χ3n) is 4.13. The lowest BCUT2D eigenvalue weighted by Crippen LogP contribution is -2.53. The van der Waals surface area contributed by atoms with E-state index in [1.807, 2.05) is 0 Å². The number of hydrogen-bond donors (Lipinski definition) is 2. The number of carbonyl (C=O) groups excluding carboxylic acids is 2. The standard InChI is InChI=1S/C15H31N5O2/c1-3-18(4-2)8-5-7-17-14(21)15(22)20-12-10-19(9-6-16)11-13-20/h3-13,16H2,1-2H3,(H,17,21). The Balaban J connectivity index is 2.21.